The molecule has 0 aliphatic carbocycles. The molecule has 0 radical (unpaired) electrons. The topological polar surface area (TPSA) is 59.2 Å². The second-order valence-electron chi connectivity index (χ2n) is 4.29. The van der Waals surface area contributed by atoms with E-state index in [9.17, 15) is 4.79 Å². The Morgan fingerprint density at radius 3 is 3.06 bits per heavy atom. The van der Waals surface area contributed by atoms with Crippen LogP contribution in [-0.4, -0.2) is 39.9 Å². The van der Waals surface area contributed by atoms with Crippen LogP contribution in [0, 0.1) is 0 Å². The normalized spacial score (nSPS) is 22.5. The number of amides is 1. The van der Waals surface area contributed by atoms with E-state index in [0.29, 0.717) is 10.9 Å². The van der Waals surface area contributed by atoms with Gasteiger partial charge in [0.25, 0.3) is 5.91 Å². The Hall–Kier alpha value is -0.590. The monoisotopic (exact) mass is 271 g/mol. The van der Waals surface area contributed by atoms with E-state index >= 15 is 0 Å². The van der Waals surface area contributed by atoms with Crippen molar-refractivity contribution >= 4 is 29.0 Å². The second-order valence-corrected chi connectivity index (χ2v) is 6.73. The van der Waals surface area contributed by atoms with Crippen LogP contribution in [0.15, 0.2) is 5.38 Å². The third-order valence-corrected chi connectivity index (χ3v) is 4.84. The van der Waals surface area contributed by atoms with Crippen LogP contribution in [0.3, 0.4) is 0 Å². The molecule has 2 rings (SSSR count). The van der Waals surface area contributed by atoms with Gasteiger partial charge in [-0.3, -0.25) is 4.79 Å². The quantitative estimate of drug-likeness (QED) is 0.890. The van der Waals surface area contributed by atoms with Crippen LogP contribution in [0.1, 0.15) is 35.4 Å². The fourth-order valence-corrected chi connectivity index (χ4v) is 3.52. The lowest BCUT2D eigenvalue weighted by Gasteiger charge is -2.30. The zero-order chi connectivity index (χ0) is 12.4. The van der Waals surface area contributed by atoms with Crippen LogP contribution in [-0.2, 0) is 0 Å². The number of nitrogens with two attached hydrogens (primary N) is 1. The highest BCUT2D eigenvalue weighted by Gasteiger charge is 2.24. The number of rotatable bonds is 2. The number of nitrogens with zero attached hydrogens (tertiary/aromatic N) is 2. The first-order chi connectivity index (χ1) is 8.08. The van der Waals surface area contributed by atoms with Crippen molar-refractivity contribution < 1.29 is 4.79 Å². The zero-order valence-electron chi connectivity index (χ0n) is 10.0. The summed E-state index contributed by atoms with van der Waals surface area (Å²) in [5.74, 6) is 1.05. The summed E-state index contributed by atoms with van der Waals surface area (Å²) in [6.45, 7) is 5.67. The Morgan fingerprint density at radius 2 is 2.47 bits per heavy atom. The lowest BCUT2D eigenvalue weighted by Crippen LogP contribution is -2.41. The van der Waals surface area contributed by atoms with Gasteiger partial charge in [-0.2, -0.15) is 11.8 Å². The number of hydrogen-bond donors (Lipinski definition) is 1. The summed E-state index contributed by atoms with van der Waals surface area (Å²) in [5.41, 5.74) is 6.29. The van der Waals surface area contributed by atoms with Crippen molar-refractivity contribution in [1.82, 2.24) is 9.88 Å². The molecule has 1 aliphatic heterocycles. The number of carbonyl (C=O) groups excluding carboxylic acids is 1. The largest absolute Gasteiger partial charge is 0.335 e. The van der Waals surface area contributed by atoms with Crippen LogP contribution in [0.2, 0.25) is 0 Å². The molecule has 1 amide bonds. The maximum atomic E-state index is 12.2. The molecule has 17 heavy (non-hydrogen) atoms. The molecule has 1 aromatic heterocycles. The SMILES string of the molecule is CC1CN(C(=O)c2csc(C(C)N)n2)CCS1. The summed E-state index contributed by atoms with van der Waals surface area (Å²) < 4.78 is 0. The van der Waals surface area contributed by atoms with Gasteiger partial charge in [-0.1, -0.05) is 6.92 Å². The molecule has 6 heteroatoms. The molecule has 0 spiro atoms. The van der Waals surface area contributed by atoms with Crippen molar-refractivity contribution in [2.45, 2.75) is 25.1 Å². The van der Waals surface area contributed by atoms with Crippen molar-refractivity contribution in [3.63, 3.8) is 0 Å². The minimum absolute atomic E-state index is 0.0419. The molecule has 0 saturated carbocycles. The van der Waals surface area contributed by atoms with E-state index in [2.05, 4.69) is 11.9 Å². The van der Waals surface area contributed by atoms with Crippen molar-refractivity contribution in [2.24, 2.45) is 5.73 Å². The number of hydrogen-bond acceptors (Lipinski definition) is 5. The minimum atomic E-state index is -0.0996. The number of thioether (sulfide) groups is 1. The van der Waals surface area contributed by atoms with Gasteiger partial charge < -0.3 is 10.6 Å². The van der Waals surface area contributed by atoms with Crippen molar-refractivity contribution in [3.05, 3.63) is 16.1 Å². The van der Waals surface area contributed by atoms with E-state index in [1.54, 1.807) is 0 Å². The van der Waals surface area contributed by atoms with Gasteiger partial charge in [0.1, 0.15) is 10.7 Å². The molecule has 1 aromatic rings. The molecule has 2 unspecified atom stereocenters. The minimum Gasteiger partial charge on any atom is -0.335 e. The first-order valence-electron chi connectivity index (χ1n) is 5.70. The van der Waals surface area contributed by atoms with Gasteiger partial charge in [0, 0.05) is 29.5 Å². The third kappa shape index (κ3) is 3.00. The van der Waals surface area contributed by atoms with E-state index in [1.165, 1.54) is 11.3 Å². The van der Waals surface area contributed by atoms with E-state index in [-0.39, 0.29) is 11.9 Å². The Labute approximate surface area is 110 Å². The van der Waals surface area contributed by atoms with E-state index in [1.807, 2.05) is 29.0 Å². The summed E-state index contributed by atoms with van der Waals surface area (Å²) in [5, 5.41) is 3.15. The highest BCUT2D eigenvalue weighted by molar-refractivity contribution is 7.99. The second kappa shape index (κ2) is 5.37. The van der Waals surface area contributed by atoms with Gasteiger partial charge in [0.15, 0.2) is 0 Å². The molecule has 0 aromatic carbocycles. The van der Waals surface area contributed by atoms with Gasteiger partial charge in [-0.15, -0.1) is 11.3 Å². The van der Waals surface area contributed by atoms with Crippen molar-refractivity contribution in [3.8, 4) is 0 Å². The fourth-order valence-electron chi connectivity index (χ4n) is 1.76. The highest BCUT2D eigenvalue weighted by Crippen LogP contribution is 2.21. The highest BCUT2D eigenvalue weighted by atomic mass is 32.2. The van der Waals surface area contributed by atoms with E-state index < -0.39 is 0 Å². The lowest BCUT2D eigenvalue weighted by molar-refractivity contribution is 0.0758. The summed E-state index contributed by atoms with van der Waals surface area (Å²) in [6.07, 6.45) is 0. The Balaban J connectivity index is 2.07. The molecule has 0 bridgehead atoms. The maximum Gasteiger partial charge on any atom is 0.273 e. The average molecular weight is 271 g/mol. The van der Waals surface area contributed by atoms with E-state index in [0.717, 1.165) is 23.8 Å². The number of aromatic nitrogens is 1. The average Bonchev–Trinajstić information content (AvgIpc) is 2.77. The smallest absolute Gasteiger partial charge is 0.273 e. The lowest BCUT2D eigenvalue weighted by atomic mass is 10.3. The Bertz CT molecular complexity index is 405. The molecule has 1 saturated heterocycles. The van der Waals surface area contributed by atoms with Gasteiger partial charge >= 0.3 is 0 Å². The maximum absolute atomic E-state index is 12.2. The Morgan fingerprint density at radius 1 is 1.71 bits per heavy atom. The summed E-state index contributed by atoms with van der Waals surface area (Å²) in [4.78, 5) is 18.4. The summed E-state index contributed by atoms with van der Waals surface area (Å²) in [7, 11) is 0. The molecular formula is C11H17N3OS2. The van der Waals surface area contributed by atoms with Crippen molar-refractivity contribution in [2.75, 3.05) is 18.8 Å². The molecular weight excluding hydrogens is 254 g/mol. The van der Waals surface area contributed by atoms with Gasteiger partial charge in [-0.25, -0.2) is 4.98 Å². The summed E-state index contributed by atoms with van der Waals surface area (Å²) in [6, 6.07) is -0.0996. The molecule has 2 atom stereocenters. The Kier molecular flexibility index (Phi) is 4.06. The number of thiazole rings is 1. The first-order valence-corrected chi connectivity index (χ1v) is 7.62. The molecule has 2 heterocycles. The van der Waals surface area contributed by atoms with Crippen LogP contribution in [0.25, 0.3) is 0 Å². The molecule has 1 aliphatic rings. The third-order valence-electron chi connectivity index (χ3n) is 2.66. The van der Waals surface area contributed by atoms with Crippen LogP contribution in [0.4, 0.5) is 0 Å². The van der Waals surface area contributed by atoms with Crippen LogP contribution < -0.4 is 5.73 Å². The van der Waals surface area contributed by atoms with Crippen molar-refractivity contribution in [1.29, 1.82) is 0 Å². The molecule has 4 nitrogen and oxygen atoms in total. The molecule has 1 fully saturated rings. The predicted octanol–water partition coefficient (Wildman–Crippen LogP) is 1.74. The summed E-state index contributed by atoms with van der Waals surface area (Å²) >= 11 is 3.37. The fraction of sp³-hybridized carbons (Fsp3) is 0.636. The van der Waals surface area contributed by atoms with Crippen LogP contribution in [0.5, 0.6) is 0 Å². The standard InChI is InChI=1S/C11H17N3OS2/c1-7-5-14(3-4-16-7)11(15)9-6-17-10(13-9)8(2)12/h6-8H,3-5,12H2,1-2H3. The molecule has 94 valence electrons. The molecule has 2 N–H and O–H groups in total. The van der Waals surface area contributed by atoms with Gasteiger partial charge in [0.2, 0.25) is 0 Å². The van der Waals surface area contributed by atoms with Gasteiger partial charge in [-0.05, 0) is 6.92 Å². The van der Waals surface area contributed by atoms with Gasteiger partial charge in [0.05, 0.1) is 6.04 Å². The van der Waals surface area contributed by atoms with E-state index in [4.69, 9.17) is 5.73 Å². The number of carbonyl (C=O) groups is 1. The van der Waals surface area contributed by atoms with Crippen LogP contribution >= 0.6 is 23.1 Å². The predicted molar refractivity (Wildman–Crippen MR) is 72.5 cm³/mol. The first kappa shape index (κ1) is 12.9. The zero-order valence-corrected chi connectivity index (χ0v) is 11.7.